The lowest BCUT2D eigenvalue weighted by Crippen LogP contribution is -2.47. The van der Waals surface area contributed by atoms with Crippen LogP contribution in [0.1, 0.15) is 31.9 Å². The zero-order valence-electron chi connectivity index (χ0n) is 17.7. The number of rotatable bonds is 9. The van der Waals surface area contributed by atoms with Crippen molar-refractivity contribution in [2.75, 3.05) is 46.5 Å². The number of methoxy groups -OCH3 is 1. The molecule has 2 aromatic rings. The lowest BCUT2D eigenvalue weighted by atomic mass is 10.1. The molecule has 0 unspecified atom stereocenters. The Balaban J connectivity index is 0.00000300. The molecule has 0 aliphatic carbocycles. The Bertz CT molecular complexity index is 708. The van der Waals surface area contributed by atoms with E-state index in [1.54, 1.807) is 7.11 Å². The average molecular weight is 514 g/mol. The molecule has 0 amide bonds. The third-order valence-corrected chi connectivity index (χ3v) is 5.15. The van der Waals surface area contributed by atoms with Gasteiger partial charge >= 0.3 is 0 Å². The molecular formula is C22H35IN4O2. The van der Waals surface area contributed by atoms with Crippen LogP contribution in [0.3, 0.4) is 0 Å². The maximum absolute atomic E-state index is 5.97. The number of nitrogens with one attached hydrogen (secondary N) is 2. The number of ether oxygens (including phenoxy) is 2. The number of guanidine groups is 1. The third-order valence-electron chi connectivity index (χ3n) is 5.15. The number of piperidine rings is 1. The first kappa shape index (κ1) is 24.0. The number of hydrogen-bond acceptors (Lipinski definition) is 3. The van der Waals surface area contributed by atoms with Crippen LogP contribution in [0, 0.1) is 0 Å². The highest BCUT2D eigenvalue weighted by atomic mass is 127. The van der Waals surface area contributed by atoms with Crippen molar-refractivity contribution in [1.82, 2.24) is 15.2 Å². The Kier molecular flexibility index (Phi) is 10.8. The maximum Gasteiger partial charge on any atom is 0.193 e. The lowest BCUT2D eigenvalue weighted by molar-refractivity contribution is 0.00991. The van der Waals surface area contributed by atoms with Crippen molar-refractivity contribution in [3.8, 4) is 0 Å². The summed E-state index contributed by atoms with van der Waals surface area (Å²) in [5, 5.41) is 4.71. The fraction of sp³-hybridized carbons (Fsp3) is 0.591. The van der Waals surface area contributed by atoms with Crippen LogP contribution in [0.5, 0.6) is 0 Å². The van der Waals surface area contributed by atoms with Gasteiger partial charge in [0.15, 0.2) is 5.96 Å². The fourth-order valence-electron chi connectivity index (χ4n) is 3.66. The predicted octanol–water partition coefficient (Wildman–Crippen LogP) is 3.81. The Labute approximate surface area is 191 Å². The summed E-state index contributed by atoms with van der Waals surface area (Å²) in [7, 11) is 1.73. The molecule has 0 saturated carbocycles. The number of fused-ring (bicyclic) bond motifs is 1. The van der Waals surface area contributed by atoms with Crippen LogP contribution in [0.2, 0.25) is 0 Å². The van der Waals surface area contributed by atoms with Crippen LogP contribution in [0.25, 0.3) is 10.9 Å². The standard InChI is InChI=1S/C22H34N4O2.HI/c1-3-23-22(26-13-10-20(11-14-26)28-16-6-15-27-2)24-12-9-19-17-18-7-4-5-8-21(18)25-19;/h4-5,7-8,17,20,25H,3,6,9-16H2,1-2H3,(H,23,24);1H. The first-order chi connectivity index (χ1) is 13.8. The number of likely N-dealkylation sites (tertiary alicyclic amines) is 1. The summed E-state index contributed by atoms with van der Waals surface area (Å²) in [6.07, 6.45) is 4.36. The summed E-state index contributed by atoms with van der Waals surface area (Å²) in [5.74, 6) is 1.02. The zero-order valence-corrected chi connectivity index (χ0v) is 20.0. The molecule has 29 heavy (non-hydrogen) atoms. The molecule has 1 aromatic carbocycles. The second-order valence-corrected chi connectivity index (χ2v) is 7.27. The van der Waals surface area contributed by atoms with E-state index in [0.29, 0.717) is 6.10 Å². The summed E-state index contributed by atoms with van der Waals surface area (Å²) in [4.78, 5) is 10.7. The van der Waals surface area contributed by atoms with Gasteiger partial charge in [0, 0.05) is 64.1 Å². The Hall–Kier alpha value is -1.32. The quantitative estimate of drug-likeness (QED) is 0.231. The highest BCUT2D eigenvalue weighted by Crippen LogP contribution is 2.16. The van der Waals surface area contributed by atoms with Gasteiger partial charge in [0.25, 0.3) is 0 Å². The van der Waals surface area contributed by atoms with Gasteiger partial charge in [-0.05, 0) is 43.7 Å². The van der Waals surface area contributed by atoms with Gasteiger partial charge in [-0.25, -0.2) is 0 Å². The van der Waals surface area contributed by atoms with E-state index in [4.69, 9.17) is 14.5 Å². The number of para-hydroxylation sites is 1. The van der Waals surface area contributed by atoms with Gasteiger partial charge < -0.3 is 24.7 Å². The molecule has 162 valence electrons. The third kappa shape index (κ3) is 7.46. The number of aliphatic imine (C=N–C) groups is 1. The molecule has 2 heterocycles. The molecule has 0 radical (unpaired) electrons. The van der Waals surface area contributed by atoms with E-state index < -0.39 is 0 Å². The highest BCUT2D eigenvalue weighted by Gasteiger charge is 2.21. The minimum atomic E-state index is 0. The molecular weight excluding hydrogens is 479 g/mol. The summed E-state index contributed by atoms with van der Waals surface area (Å²) in [6.45, 7) is 7.34. The summed E-state index contributed by atoms with van der Waals surface area (Å²) in [6, 6.07) is 10.6. The van der Waals surface area contributed by atoms with Crippen LogP contribution >= 0.6 is 24.0 Å². The number of aromatic nitrogens is 1. The van der Waals surface area contributed by atoms with Crippen LogP contribution in [-0.2, 0) is 15.9 Å². The lowest BCUT2D eigenvalue weighted by Gasteiger charge is -2.34. The minimum Gasteiger partial charge on any atom is -0.385 e. The van der Waals surface area contributed by atoms with E-state index in [9.17, 15) is 0 Å². The van der Waals surface area contributed by atoms with Gasteiger partial charge in [-0.3, -0.25) is 4.99 Å². The van der Waals surface area contributed by atoms with Crippen LogP contribution in [0.4, 0.5) is 0 Å². The molecule has 0 atom stereocenters. The van der Waals surface area contributed by atoms with Crippen molar-refractivity contribution in [2.45, 2.75) is 38.7 Å². The van der Waals surface area contributed by atoms with E-state index in [-0.39, 0.29) is 24.0 Å². The number of halogens is 1. The molecule has 1 aliphatic rings. The molecule has 1 aromatic heterocycles. The molecule has 1 saturated heterocycles. The van der Waals surface area contributed by atoms with E-state index >= 15 is 0 Å². The monoisotopic (exact) mass is 514 g/mol. The second-order valence-electron chi connectivity index (χ2n) is 7.27. The topological polar surface area (TPSA) is 61.9 Å². The van der Waals surface area contributed by atoms with Crippen LogP contribution < -0.4 is 5.32 Å². The van der Waals surface area contributed by atoms with Crippen molar-refractivity contribution < 1.29 is 9.47 Å². The number of benzene rings is 1. The molecule has 0 bridgehead atoms. The molecule has 3 rings (SSSR count). The smallest absolute Gasteiger partial charge is 0.193 e. The van der Waals surface area contributed by atoms with Gasteiger partial charge in [-0.1, -0.05) is 18.2 Å². The van der Waals surface area contributed by atoms with Gasteiger partial charge in [0.2, 0.25) is 0 Å². The van der Waals surface area contributed by atoms with Crippen molar-refractivity contribution >= 4 is 40.8 Å². The minimum absolute atomic E-state index is 0. The van der Waals surface area contributed by atoms with Crippen LogP contribution in [0.15, 0.2) is 35.3 Å². The Morgan fingerprint density at radius 2 is 2.03 bits per heavy atom. The Morgan fingerprint density at radius 3 is 2.76 bits per heavy atom. The SMILES string of the molecule is CCNC(=NCCc1cc2ccccc2[nH]1)N1CCC(OCCCOC)CC1.I. The fourth-order valence-corrected chi connectivity index (χ4v) is 3.66. The molecule has 2 N–H and O–H groups in total. The highest BCUT2D eigenvalue weighted by molar-refractivity contribution is 14.0. The molecule has 1 aliphatic heterocycles. The van der Waals surface area contributed by atoms with Crippen molar-refractivity contribution in [3.05, 3.63) is 36.0 Å². The summed E-state index contributed by atoms with van der Waals surface area (Å²) < 4.78 is 11.0. The Morgan fingerprint density at radius 1 is 1.24 bits per heavy atom. The van der Waals surface area contributed by atoms with Crippen molar-refractivity contribution in [1.29, 1.82) is 0 Å². The van der Waals surface area contributed by atoms with Gasteiger partial charge in [-0.2, -0.15) is 0 Å². The van der Waals surface area contributed by atoms with E-state index in [0.717, 1.165) is 71.0 Å². The molecule has 7 heteroatoms. The van der Waals surface area contributed by atoms with Gasteiger partial charge in [-0.15, -0.1) is 24.0 Å². The van der Waals surface area contributed by atoms with E-state index in [1.807, 2.05) is 0 Å². The number of hydrogen-bond donors (Lipinski definition) is 2. The summed E-state index contributed by atoms with van der Waals surface area (Å²) in [5.41, 5.74) is 2.44. The summed E-state index contributed by atoms with van der Waals surface area (Å²) >= 11 is 0. The van der Waals surface area contributed by atoms with Crippen molar-refractivity contribution in [2.24, 2.45) is 4.99 Å². The van der Waals surface area contributed by atoms with Gasteiger partial charge in [0.05, 0.1) is 6.10 Å². The molecule has 1 fully saturated rings. The number of H-pyrrole nitrogens is 1. The first-order valence-electron chi connectivity index (χ1n) is 10.5. The van der Waals surface area contributed by atoms with E-state index in [1.165, 1.54) is 16.6 Å². The number of nitrogens with zero attached hydrogens (tertiary/aromatic N) is 2. The largest absolute Gasteiger partial charge is 0.385 e. The first-order valence-corrected chi connectivity index (χ1v) is 10.5. The van der Waals surface area contributed by atoms with Crippen LogP contribution in [-0.4, -0.2) is 68.4 Å². The normalized spacial score (nSPS) is 15.5. The zero-order chi connectivity index (χ0) is 19.6. The molecule has 6 nitrogen and oxygen atoms in total. The van der Waals surface area contributed by atoms with Crippen molar-refractivity contribution in [3.63, 3.8) is 0 Å². The van der Waals surface area contributed by atoms with Gasteiger partial charge in [0.1, 0.15) is 0 Å². The van der Waals surface area contributed by atoms with E-state index in [2.05, 4.69) is 52.5 Å². The maximum atomic E-state index is 5.97. The molecule has 0 spiro atoms. The predicted molar refractivity (Wildman–Crippen MR) is 130 cm³/mol. The number of aromatic amines is 1. The average Bonchev–Trinajstić information content (AvgIpc) is 3.14. The second kappa shape index (κ2) is 13.1.